The van der Waals surface area contributed by atoms with Crippen LogP contribution in [-0.4, -0.2) is 57.4 Å². The predicted molar refractivity (Wildman–Crippen MR) is 76.4 cm³/mol. The third-order valence-corrected chi connectivity index (χ3v) is 4.61. The van der Waals surface area contributed by atoms with Gasteiger partial charge in [0.05, 0.1) is 6.20 Å². The minimum Gasteiger partial charge on any atom is -0.333 e. The van der Waals surface area contributed by atoms with Gasteiger partial charge in [-0.15, -0.1) is 0 Å². The average molecular weight is 274 g/mol. The van der Waals surface area contributed by atoms with Crippen LogP contribution < -0.4 is 0 Å². The van der Waals surface area contributed by atoms with Gasteiger partial charge < -0.3 is 4.90 Å². The van der Waals surface area contributed by atoms with E-state index in [-0.39, 0.29) is 5.91 Å². The van der Waals surface area contributed by atoms with Crippen molar-refractivity contribution in [3.05, 3.63) is 24.3 Å². The molecular weight excluding hydrogens is 252 g/mol. The molecular formula is C15H22N4O. The van der Waals surface area contributed by atoms with Crippen LogP contribution in [0.25, 0.3) is 0 Å². The topological polar surface area (TPSA) is 49.3 Å². The maximum absolute atomic E-state index is 12.6. The predicted octanol–water partition coefficient (Wildman–Crippen LogP) is 1.57. The number of nitrogens with zero attached hydrogens (tertiary/aromatic N) is 4. The van der Waals surface area contributed by atoms with Crippen LogP contribution in [0.5, 0.6) is 0 Å². The Balaban J connectivity index is 1.77. The van der Waals surface area contributed by atoms with Crippen molar-refractivity contribution in [2.24, 2.45) is 0 Å². The van der Waals surface area contributed by atoms with Crippen molar-refractivity contribution in [2.45, 2.75) is 44.7 Å². The average Bonchev–Trinajstić information content (AvgIpc) is 3.15. The normalized spacial score (nSPS) is 27.1. The summed E-state index contributed by atoms with van der Waals surface area (Å²) in [5.74, 6) is 0.0450. The van der Waals surface area contributed by atoms with Crippen molar-refractivity contribution in [1.82, 2.24) is 19.8 Å². The van der Waals surface area contributed by atoms with Crippen LogP contribution >= 0.6 is 0 Å². The molecule has 2 aliphatic rings. The second kappa shape index (κ2) is 5.87. The van der Waals surface area contributed by atoms with E-state index < -0.39 is 0 Å². The van der Waals surface area contributed by atoms with E-state index in [2.05, 4.69) is 21.8 Å². The van der Waals surface area contributed by atoms with Gasteiger partial charge >= 0.3 is 0 Å². The summed E-state index contributed by atoms with van der Waals surface area (Å²) >= 11 is 0. The van der Waals surface area contributed by atoms with Crippen LogP contribution in [0.2, 0.25) is 0 Å². The minimum atomic E-state index is 0.0450. The first-order valence-electron chi connectivity index (χ1n) is 7.62. The fourth-order valence-electron chi connectivity index (χ4n) is 3.68. The van der Waals surface area contributed by atoms with Crippen LogP contribution in [0.3, 0.4) is 0 Å². The maximum Gasteiger partial charge on any atom is 0.274 e. The quantitative estimate of drug-likeness (QED) is 0.839. The highest BCUT2D eigenvalue weighted by atomic mass is 16.2. The first kappa shape index (κ1) is 13.5. The minimum absolute atomic E-state index is 0.0450. The molecule has 2 aliphatic heterocycles. The van der Waals surface area contributed by atoms with Gasteiger partial charge in [0.15, 0.2) is 0 Å². The molecule has 2 saturated heterocycles. The van der Waals surface area contributed by atoms with Crippen LogP contribution in [-0.2, 0) is 0 Å². The fourth-order valence-corrected chi connectivity index (χ4v) is 3.68. The Morgan fingerprint density at radius 1 is 1.25 bits per heavy atom. The SMILES string of the molecule is CCN1CCC[C@H]1[C@@H]1CCCN1C(=O)c1cnccn1. The van der Waals surface area contributed by atoms with Crippen LogP contribution in [0.15, 0.2) is 18.6 Å². The number of rotatable bonds is 3. The van der Waals surface area contributed by atoms with Crippen LogP contribution in [0, 0.1) is 0 Å². The van der Waals surface area contributed by atoms with Crippen molar-refractivity contribution >= 4 is 5.91 Å². The van der Waals surface area contributed by atoms with E-state index in [9.17, 15) is 4.79 Å². The molecule has 5 heteroatoms. The summed E-state index contributed by atoms with van der Waals surface area (Å²) in [6.45, 7) is 5.31. The zero-order valence-corrected chi connectivity index (χ0v) is 12.0. The lowest BCUT2D eigenvalue weighted by molar-refractivity contribution is 0.0643. The van der Waals surface area contributed by atoms with Gasteiger partial charge in [-0.2, -0.15) is 0 Å². The third-order valence-electron chi connectivity index (χ3n) is 4.61. The molecule has 0 unspecified atom stereocenters. The Kier molecular flexibility index (Phi) is 3.96. The molecule has 0 aromatic carbocycles. The molecule has 20 heavy (non-hydrogen) atoms. The molecule has 0 N–H and O–H groups in total. The Labute approximate surface area is 120 Å². The highest BCUT2D eigenvalue weighted by Crippen LogP contribution is 2.30. The highest BCUT2D eigenvalue weighted by molar-refractivity contribution is 5.92. The number of hydrogen-bond donors (Lipinski definition) is 0. The highest BCUT2D eigenvalue weighted by Gasteiger charge is 2.39. The van der Waals surface area contributed by atoms with E-state index in [1.165, 1.54) is 19.4 Å². The molecule has 1 aromatic heterocycles. The summed E-state index contributed by atoms with van der Waals surface area (Å²) in [5.41, 5.74) is 0.473. The lowest BCUT2D eigenvalue weighted by Crippen LogP contribution is -2.48. The molecule has 2 atom stereocenters. The van der Waals surface area contributed by atoms with Gasteiger partial charge in [-0.05, 0) is 38.8 Å². The Morgan fingerprint density at radius 3 is 2.80 bits per heavy atom. The van der Waals surface area contributed by atoms with Gasteiger partial charge in [0.1, 0.15) is 5.69 Å². The number of aromatic nitrogens is 2. The molecule has 108 valence electrons. The van der Waals surface area contributed by atoms with E-state index in [1.807, 2.05) is 4.90 Å². The first-order valence-corrected chi connectivity index (χ1v) is 7.62. The lowest BCUT2D eigenvalue weighted by Gasteiger charge is -2.34. The molecule has 0 saturated carbocycles. The number of carbonyl (C=O) groups is 1. The molecule has 3 heterocycles. The maximum atomic E-state index is 12.6. The van der Waals surface area contributed by atoms with E-state index in [1.54, 1.807) is 18.6 Å². The molecule has 3 rings (SSSR count). The summed E-state index contributed by atoms with van der Waals surface area (Å²) in [7, 11) is 0. The Morgan fingerprint density at radius 2 is 2.05 bits per heavy atom. The van der Waals surface area contributed by atoms with Gasteiger partial charge in [0.2, 0.25) is 0 Å². The smallest absolute Gasteiger partial charge is 0.274 e. The van der Waals surface area contributed by atoms with E-state index >= 15 is 0 Å². The number of amides is 1. The lowest BCUT2D eigenvalue weighted by atomic mass is 10.0. The first-order chi connectivity index (χ1) is 9.81. The molecule has 0 aliphatic carbocycles. The number of likely N-dealkylation sites (tertiary alicyclic amines) is 2. The van der Waals surface area contributed by atoms with Crippen LogP contribution in [0.1, 0.15) is 43.1 Å². The van der Waals surface area contributed by atoms with Crippen molar-refractivity contribution < 1.29 is 4.79 Å². The zero-order chi connectivity index (χ0) is 13.9. The molecule has 5 nitrogen and oxygen atoms in total. The molecule has 0 spiro atoms. The Bertz CT molecular complexity index is 464. The number of hydrogen-bond acceptors (Lipinski definition) is 4. The second-order valence-electron chi connectivity index (χ2n) is 5.64. The third kappa shape index (κ3) is 2.42. The van der Waals surface area contributed by atoms with E-state index in [0.29, 0.717) is 17.8 Å². The zero-order valence-electron chi connectivity index (χ0n) is 12.0. The summed E-state index contributed by atoms with van der Waals surface area (Å²) in [4.78, 5) is 25.3. The fraction of sp³-hybridized carbons (Fsp3) is 0.667. The van der Waals surface area contributed by atoms with E-state index in [4.69, 9.17) is 0 Å². The summed E-state index contributed by atoms with van der Waals surface area (Å²) < 4.78 is 0. The monoisotopic (exact) mass is 274 g/mol. The van der Waals surface area contributed by atoms with Crippen molar-refractivity contribution in [3.8, 4) is 0 Å². The molecule has 0 bridgehead atoms. The van der Waals surface area contributed by atoms with Crippen LogP contribution in [0.4, 0.5) is 0 Å². The largest absolute Gasteiger partial charge is 0.333 e. The van der Waals surface area contributed by atoms with Gasteiger partial charge in [-0.1, -0.05) is 6.92 Å². The molecule has 1 aromatic rings. The number of carbonyl (C=O) groups excluding carboxylic acids is 1. The van der Waals surface area contributed by atoms with Gasteiger partial charge in [-0.25, -0.2) is 4.98 Å². The van der Waals surface area contributed by atoms with E-state index in [0.717, 1.165) is 25.9 Å². The standard InChI is InChI=1S/C15H22N4O/c1-2-18-9-3-5-13(18)14-6-4-10-19(14)15(20)12-11-16-7-8-17-12/h7-8,11,13-14H,2-6,9-10H2,1H3/t13-,14-/m0/s1. The van der Waals surface area contributed by atoms with Gasteiger partial charge in [0.25, 0.3) is 5.91 Å². The van der Waals surface area contributed by atoms with Crippen molar-refractivity contribution in [3.63, 3.8) is 0 Å². The number of likely N-dealkylation sites (N-methyl/N-ethyl adjacent to an activating group) is 1. The molecule has 0 radical (unpaired) electrons. The summed E-state index contributed by atoms with van der Waals surface area (Å²) in [6.07, 6.45) is 9.45. The van der Waals surface area contributed by atoms with Crippen molar-refractivity contribution in [1.29, 1.82) is 0 Å². The second-order valence-corrected chi connectivity index (χ2v) is 5.64. The molecule has 2 fully saturated rings. The summed E-state index contributed by atoms with van der Waals surface area (Å²) in [5, 5.41) is 0. The van der Waals surface area contributed by atoms with Gasteiger partial charge in [0, 0.05) is 31.0 Å². The van der Waals surface area contributed by atoms with Gasteiger partial charge in [-0.3, -0.25) is 14.7 Å². The summed E-state index contributed by atoms with van der Waals surface area (Å²) in [6, 6.07) is 0.884. The van der Waals surface area contributed by atoms with Crippen molar-refractivity contribution in [2.75, 3.05) is 19.6 Å². The molecule has 1 amide bonds. The Hall–Kier alpha value is -1.49.